The Kier molecular flexibility index (Phi) is 5.87. The van der Waals surface area contributed by atoms with E-state index in [9.17, 15) is 9.59 Å². The highest BCUT2D eigenvalue weighted by molar-refractivity contribution is 7.11. The fraction of sp³-hybridized carbons (Fsp3) is 0.318. The van der Waals surface area contributed by atoms with E-state index < -0.39 is 0 Å². The molecule has 0 saturated carbocycles. The number of likely N-dealkylation sites (N-methyl/N-ethyl adjacent to an activating group) is 1. The van der Waals surface area contributed by atoms with Crippen molar-refractivity contribution in [2.75, 3.05) is 32.0 Å². The Balaban J connectivity index is 1.44. The summed E-state index contributed by atoms with van der Waals surface area (Å²) in [5, 5.41) is 4.91. The van der Waals surface area contributed by atoms with Crippen molar-refractivity contribution in [3.63, 3.8) is 0 Å². The number of thiophene rings is 1. The molecular weight excluding hydrogens is 384 g/mol. The van der Waals surface area contributed by atoms with Crippen LogP contribution < -0.4 is 5.32 Å². The van der Waals surface area contributed by atoms with Crippen molar-refractivity contribution < 1.29 is 9.59 Å². The van der Waals surface area contributed by atoms with Gasteiger partial charge in [0.15, 0.2) is 0 Å². The molecule has 0 spiro atoms. The average Bonchev–Trinajstić information content (AvgIpc) is 3.05. The molecule has 0 aliphatic carbocycles. The number of pyridine rings is 1. The van der Waals surface area contributed by atoms with Gasteiger partial charge in [-0.25, -0.2) is 4.98 Å². The Bertz CT molecular complexity index is 965. The molecule has 6 nitrogen and oxygen atoms in total. The molecule has 0 radical (unpaired) electrons. The van der Waals surface area contributed by atoms with Gasteiger partial charge in [-0.3, -0.25) is 14.5 Å². The van der Waals surface area contributed by atoms with Crippen LogP contribution in [0, 0.1) is 0 Å². The second-order valence-corrected chi connectivity index (χ2v) is 8.37. The first kappa shape index (κ1) is 19.5. The summed E-state index contributed by atoms with van der Waals surface area (Å²) >= 11 is 1.75. The number of fused-ring (bicyclic) bond motifs is 1. The maximum absolute atomic E-state index is 12.7. The molecule has 29 heavy (non-hydrogen) atoms. The molecule has 2 aliphatic rings. The minimum absolute atomic E-state index is 0.00837. The summed E-state index contributed by atoms with van der Waals surface area (Å²) < 4.78 is 0. The molecule has 2 aromatic heterocycles. The Labute approximate surface area is 174 Å². The van der Waals surface area contributed by atoms with Crippen LogP contribution in [0.2, 0.25) is 0 Å². The lowest BCUT2D eigenvalue weighted by molar-refractivity contribution is -0.125. The van der Waals surface area contributed by atoms with Crippen LogP contribution in [0.5, 0.6) is 0 Å². The quantitative estimate of drug-likeness (QED) is 0.792. The number of aromatic nitrogens is 1. The second kappa shape index (κ2) is 8.71. The topological polar surface area (TPSA) is 65.5 Å². The molecule has 150 valence electrons. The van der Waals surface area contributed by atoms with E-state index in [0.29, 0.717) is 25.5 Å². The first-order chi connectivity index (χ1) is 14.1. The van der Waals surface area contributed by atoms with E-state index in [2.05, 4.69) is 33.9 Å². The predicted molar refractivity (Wildman–Crippen MR) is 116 cm³/mol. The number of carbonyl (C=O) groups is 2. The van der Waals surface area contributed by atoms with Gasteiger partial charge >= 0.3 is 0 Å². The van der Waals surface area contributed by atoms with Gasteiger partial charge in [0.1, 0.15) is 5.82 Å². The smallest absolute Gasteiger partial charge is 0.246 e. The van der Waals surface area contributed by atoms with Gasteiger partial charge in [0.05, 0.1) is 6.54 Å². The van der Waals surface area contributed by atoms with Gasteiger partial charge in [0.2, 0.25) is 11.8 Å². The molecular formula is C22H24N4O2S. The predicted octanol–water partition coefficient (Wildman–Crippen LogP) is 3.25. The standard InChI is InChI=1S/C22H24N4O2S/c1-25-14-18-12-16(13-23-22(18)24-20(27)15-25)6-7-21(28)26-9-2-4-17(8-10-26)19-5-3-11-29-19/h3,5-8,11-13H,2,4,9-10,14-15H2,1H3,(H,23,24,27)/b7-6+. The Morgan fingerprint density at radius 3 is 3.07 bits per heavy atom. The van der Waals surface area contributed by atoms with Crippen LogP contribution in [0.4, 0.5) is 5.82 Å². The fourth-order valence-electron chi connectivity index (χ4n) is 3.65. The molecule has 7 heteroatoms. The van der Waals surface area contributed by atoms with Crippen LogP contribution in [0.1, 0.15) is 28.8 Å². The van der Waals surface area contributed by atoms with E-state index in [-0.39, 0.29) is 11.8 Å². The Morgan fingerprint density at radius 1 is 1.34 bits per heavy atom. The monoisotopic (exact) mass is 408 g/mol. The number of anilines is 1. The summed E-state index contributed by atoms with van der Waals surface area (Å²) in [5.41, 5.74) is 3.14. The van der Waals surface area contributed by atoms with E-state index in [0.717, 1.165) is 30.5 Å². The van der Waals surface area contributed by atoms with Gasteiger partial charge < -0.3 is 10.2 Å². The highest BCUT2D eigenvalue weighted by Crippen LogP contribution is 2.26. The number of rotatable bonds is 3. The number of amides is 2. The van der Waals surface area contributed by atoms with E-state index in [1.165, 1.54) is 10.5 Å². The van der Waals surface area contributed by atoms with E-state index in [1.54, 1.807) is 29.7 Å². The number of hydrogen-bond acceptors (Lipinski definition) is 5. The minimum atomic E-state index is -0.0617. The summed E-state index contributed by atoms with van der Waals surface area (Å²) in [6.07, 6.45) is 9.25. The van der Waals surface area contributed by atoms with Crippen molar-refractivity contribution in [3.05, 3.63) is 57.9 Å². The zero-order valence-electron chi connectivity index (χ0n) is 16.4. The third kappa shape index (κ3) is 4.81. The fourth-order valence-corrected chi connectivity index (χ4v) is 4.45. The molecule has 4 rings (SSSR count). The van der Waals surface area contributed by atoms with E-state index in [1.807, 2.05) is 22.9 Å². The number of carbonyl (C=O) groups excluding carboxylic acids is 2. The molecule has 1 N–H and O–H groups in total. The third-order valence-electron chi connectivity index (χ3n) is 5.10. The van der Waals surface area contributed by atoms with Crippen LogP contribution in [-0.4, -0.2) is 53.3 Å². The Morgan fingerprint density at radius 2 is 2.24 bits per heavy atom. The zero-order valence-corrected chi connectivity index (χ0v) is 17.2. The highest BCUT2D eigenvalue weighted by atomic mass is 32.1. The maximum Gasteiger partial charge on any atom is 0.246 e. The van der Waals surface area contributed by atoms with Gasteiger partial charge in [0.25, 0.3) is 0 Å². The summed E-state index contributed by atoms with van der Waals surface area (Å²) in [6, 6.07) is 6.18. The summed E-state index contributed by atoms with van der Waals surface area (Å²) in [7, 11) is 1.90. The van der Waals surface area contributed by atoms with Crippen molar-refractivity contribution in [3.8, 4) is 0 Å². The highest BCUT2D eigenvalue weighted by Gasteiger charge is 2.18. The molecule has 0 saturated heterocycles. The average molecular weight is 409 g/mol. The van der Waals surface area contributed by atoms with Gasteiger partial charge in [-0.1, -0.05) is 12.1 Å². The summed E-state index contributed by atoms with van der Waals surface area (Å²) in [4.78, 5) is 34.0. The van der Waals surface area contributed by atoms with Crippen molar-refractivity contribution in [2.24, 2.45) is 0 Å². The van der Waals surface area contributed by atoms with Gasteiger partial charge in [-0.15, -0.1) is 11.3 Å². The molecule has 0 atom stereocenters. The van der Waals surface area contributed by atoms with Gasteiger partial charge in [-0.05, 0) is 54.6 Å². The molecule has 0 unspecified atom stereocenters. The van der Waals surface area contributed by atoms with Crippen molar-refractivity contribution in [2.45, 2.75) is 19.4 Å². The molecule has 2 amide bonds. The number of hydrogen-bond donors (Lipinski definition) is 1. The van der Waals surface area contributed by atoms with Crippen LogP contribution in [-0.2, 0) is 16.1 Å². The van der Waals surface area contributed by atoms with Crippen molar-refractivity contribution in [1.82, 2.24) is 14.8 Å². The van der Waals surface area contributed by atoms with Crippen LogP contribution in [0.3, 0.4) is 0 Å². The zero-order chi connectivity index (χ0) is 20.2. The minimum Gasteiger partial charge on any atom is -0.335 e. The van der Waals surface area contributed by atoms with Crippen LogP contribution >= 0.6 is 11.3 Å². The van der Waals surface area contributed by atoms with Crippen LogP contribution in [0.15, 0.2) is 41.9 Å². The normalized spacial score (nSPS) is 18.0. The Hall–Kier alpha value is -2.77. The molecule has 2 aliphatic heterocycles. The lowest BCUT2D eigenvalue weighted by Gasteiger charge is -2.17. The van der Waals surface area contributed by atoms with E-state index in [4.69, 9.17) is 0 Å². The SMILES string of the molecule is CN1CC(=O)Nc2ncc(/C=C/C(=O)N3CC=C(c4cccs4)CCC3)cc2C1. The van der Waals surface area contributed by atoms with Crippen molar-refractivity contribution in [1.29, 1.82) is 0 Å². The molecule has 4 heterocycles. The van der Waals surface area contributed by atoms with E-state index >= 15 is 0 Å². The lowest BCUT2D eigenvalue weighted by atomic mass is 10.1. The third-order valence-corrected chi connectivity index (χ3v) is 6.04. The first-order valence-electron chi connectivity index (χ1n) is 9.76. The number of allylic oxidation sites excluding steroid dienone is 1. The van der Waals surface area contributed by atoms with Crippen LogP contribution in [0.25, 0.3) is 11.6 Å². The van der Waals surface area contributed by atoms with Gasteiger partial charge in [0, 0.05) is 42.3 Å². The molecule has 0 aromatic carbocycles. The van der Waals surface area contributed by atoms with Crippen molar-refractivity contribution >= 4 is 40.6 Å². The second-order valence-electron chi connectivity index (χ2n) is 7.42. The number of nitrogens with one attached hydrogen (secondary N) is 1. The summed E-state index contributed by atoms with van der Waals surface area (Å²) in [5.74, 6) is 0.545. The summed E-state index contributed by atoms with van der Waals surface area (Å²) in [6.45, 7) is 2.37. The number of nitrogens with zero attached hydrogens (tertiary/aromatic N) is 3. The first-order valence-corrected chi connectivity index (χ1v) is 10.6. The van der Waals surface area contributed by atoms with Gasteiger partial charge in [-0.2, -0.15) is 0 Å². The molecule has 0 bridgehead atoms. The molecule has 0 fully saturated rings. The largest absolute Gasteiger partial charge is 0.335 e. The maximum atomic E-state index is 12.7. The lowest BCUT2D eigenvalue weighted by Crippen LogP contribution is -2.29. The molecule has 2 aromatic rings.